The van der Waals surface area contributed by atoms with E-state index in [0.717, 1.165) is 48.1 Å². The number of fused-ring (bicyclic) bond motifs is 1. The zero-order chi connectivity index (χ0) is 20.1. The van der Waals surface area contributed by atoms with Crippen LogP contribution in [-0.2, 0) is 4.74 Å². The predicted octanol–water partition coefficient (Wildman–Crippen LogP) is 5.22. The highest BCUT2D eigenvalue weighted by atomic mass is 35.5. The lowest BCUT2D eigenvalue weighted by molar-refractivity contribution is 0.147. The number of methoxy groups -OCH3 is 1. The van der Waals surface area contributed by atoms with E-state index >= 15 is 0 Å². The highest BCUT2D eigenvalue weighted by Crippen LogP contribution is 2.41. The number of hydrogen-bond acceptors (Lipinski definition) is 4. The van der Waals surface area contributed by atoms with Crippen molar-refractivity contribution < 1.29 is 9.47 Å². The molecule has 0 amide bonds. The molecule has 0 radical (unpaired) electrons. The fourth-order valence-corrected chi connectivity index (χ4v) is 3.69. The van der Waals surface area contributed by atoms with Gasteiger partial charge in [-0.3, -0.25) is 0 Å². The molecule has 0 spiro atoms. The molecule has 0 bridgehead atoms. The summed E-state index contributed by atoms with van der Waals surface area (Å²) in [5.74, 6) is 0.816. The maximum absolute atomic E-state index is 9.22. The van der Waals surface area contributed by atoms with Gasteiger partial charge in [0.2, 0.25) is 0 Å². The molecule has 2 aromatic carbocycles. The van der Waals surface area contributed by atoms with Crippen molar-refractivity contribution in [3.63, 3.8) is 0 Å². The summed E-state index contributed by atoms with van der Waals surface area (Å²) in [4.78, 5) is 4.55. The van der Waals surface area contributed by atoms with Gasteiger partial charge in [0.05, 0.1) is 24.8 Å². The molecule has 1 aliphatic heterocycles. The lowest BCUT2D eigenvalue weighted by Crippen LogP contribution is -2.26. The van der Waals surface area contributed by atoms with Gasteiger partial charge in [-0.1, -0.05) is 37.4 Å². The number of hydrogen-bond donors (Lipinski definition) is 1. The van der Waals surface area contributed by atoms with Crippen molar-refractivity contribution in [2.45, 2.75) is 44.8 Å². The summed E-state index contributed by atoms with van der Waals surface area (Å²) in [6, 6.07) is 13.5. The number of unbranched alkanes of at least 4 members (excludes halogenated alkanes) is 1. The first-order chi connectivity index (χ1) is 13.5. The van der Waals surface area contributed by atoms with Crippen LogP contribution < -0.4 is 10.5 Å². The Morgan fingerprint density at radius 1 is 1.32 bits per heavy atom. The lowest BCUT2D eigenvalue weighted by Gasteiger charge is -2.31. The van der Waals surface area contributed by atoms with Gasteiger partial charge in [0.15, 0.2) is 0 Å². The average molecular weight is 398 g/mol. The molecule has 2 atom stereocenters. The Morgan fingerprint density at radius 3 is 2.86 bits per heavy atom. The van der Waals surface area contributed by atoms with Crippen LogP contribution >= 0.6 is 11.6 Å². The monoisotopic (exact) mass is 397 g/mol. The van der Waals surface area contributed by atoms with Crippen molar-refractivity contribution in [3.8, 4) is 22.9 Å². The molecular formula is C22H24ClN3O2. The Hall–Kier alpha value is -2.71. The Bertz CT molecular complexity index is 920. The second-order valence-electron chi connectivity index (χ2n) is 6.90. The van der Waals surface area contributed by atoms with Crippen LogP contribution in [0.15, 0.2) is 41.4 Å². The zero-order valence-corrected chi connectivity index (χ0v) is 16.9. The second kappa shape index (κ2) is 8.99. The molecule has 6 heteroatoms. The van der Waals surface area contributed by atoms with E-state index in [9.17, 15) is 5.26 Å². The summed E-state index contributed by atoms with van der Waals surface area (Å²) in [6.45, 7) is 2.17. The molecule has 0 aromatic heterocycles. The summed E-state index contributed by atoms with van der Waals surface area (Å²) in [6.07, 6.45) is 4.06. The van der Waals surface area contributed by atoms with Crippen molar-refractivity contribution in [1.29, 1.82) is 5.26 Å². The molecule has 2 aromatic rings. The van der Waals surface area contributed by atoms with Crippen molar-refractivity contribution in [2.24, 2.45) is 10.7 Å². The molecule has 3 rings (SSSR count). The van der Waals surface area contributed by atoms with Crippen LogP contribution in [-0.4, -0.2) is 19.2 Å². The van der Waals surface area contributed by atoms with Crippen LogP contribution in [0.4, 0.5) is 0 Å². The van der Waals surface area contributed by atoms with Crippen molar-refractivity contribution in [2.75, 3.05) is 7.11 Å². The van der Waals surface area contributed by atoms with Gasteiger partial charge in [-0.05, 0) is 47.9 Å². The number of amidine groups is 1. The maximum atomic E-state index is 9.22. The van der Waals surface area contributed by atoms with Gasteiger partial charge in [0.25, 0.3) is 6.02 Å². The molecule has 0 aliphatic carbocycles. The van der Waals surface area contributed by atoms with Gasteiger partial charge in [-0.15, -0.1) is 0 Å². The van der Waals surface area contributed by atoms with Gasteiger partial charge in [-0.25, -0.2) is 4.99 Å². The largest absolute Gasteiger partial charge is 0.490 e. The molecule has 2 N–H and O–H groups in total. The van der Waals surface area contributed by atoms with Crippen LogP contribution in [0.2, 0.25) is 5.02 Å². The van der Waals surface area contributed by atoms with E-state index in [4.69, 9.17) is 26.8 Å². The van der Waals surface area contributed by atoms with Crippen molar-refractivity contribution in [3.05, 3.63) is 52.5 Å². The first-order valence-corrected chi connectivity index (χ1v) is 9.80. The van der Waals surface area contributed by atoms with Crippen LogP contribution in [0.3, 0.4) is 0 Å². The summed E-state index contributed by atoms with van der Waals surface area (Å²) in [7, 11) is 1.51. The molecule has 146 valence electrons. The lowest BCUT2D eigenvalue weighted by atomic mass is 9.91. The van der Waals surface area contributed by atoms with Crippen LogP contribution in [0, 0.1) is 11.3 Å². The third-order valence-corrected chi connectivity index (χ3v) is 5.10. The third kappa shape index (κ3) is 4.58. The Labute approximate surface area is 170 Å². The van der Waals surface area contributed by atoms with Crippen molar-refractivity contribution in [1.82, 2.24) is 0 Å². The summed E-state index contributed by atoms with van der Waals surface area (Å²) >= 11 is 6.18. The minimum absolute atomic E-state index is 0.105. The van der Waals surface area contributed by atoms with E-state index in [-0.39, 0.29) is 18.2 Å². The molecular weight excluding hydrogens is 374 g/mol. The van der Waals surface area contributed by atoms with Crippen LogP contribution in [0.1, 0.15) is 49.8 Å². The van der Waals surface area contributed by atoms with Gasteiger partial charge in [0.1, 0.15) is 11.9 Å². The van der Waals surface area contributed by atoms with Gasteiger partial charge < -0.3 is 15.2 Å². The zero-order valence-electron chi connectivity index (χ0n) is 16.1. The highest BCUT2D eigenvalue weighted by Gasteiger charge is 2.28. The Morgan fingerprint density at radius 2 is 2.14 bits per heavy atom. The van der Waals surface area contributed by atoms with Crippen LogP contribution in [0.25, 0.3) is 11.1 Å². The fraction of sp³-hybridized carbons (Fsp3) is 0.364. The number of ether oxygens (including phenoxy) is 2. The Balaban J connectivity index is 2.01. The van der Waals surface area contributed by atoms with Crippen LogP contribution in [0.5, 0.6) is 5.75 Å². The summed E-state index contributed by atoms with van der Waals surface area (Å²) < 4.78 is 11.3. The standard InChI is InChI=1S/C22H24ClN3O2/c1-3-4-5-18-12-20(26-22(25)27-2)19-11-15(6-7-21(19)28-18)16-8-14(13-24)9-17(23)10-16/h6-11,18,20H,3-5,12H2,1-2H3,(H2,25,26). The number of nitrogens with zero attached hydrogens (tertiary/aromatic N) is 2. The molecule has 2 unspecified atom stereocenters. The molecule has 1 aliphatic rings. The quantitative estimate of drug-likeness (QED) is 0.553. The molecule has 0 saturated carbocycles. The first kappa shape index (κ1) is 20.0. The molecule has 5 nitrogen and oxygen atoms in total. The number of nitrogens with two attached hydrogens (primary N) is 1. The number of halogens is 1. The van der Waals surface area contributed by atoms with E-state index in [1.54, 1.807) is 6.07 Å². The summed E-state index contributed by atoms with van der Waals surface area (Å²) in [5.41, 5.74) is 9.16. The number of aliphatic imine (C=N–C) groups is 1. The Kier molecular flexibility index (Phi) is 6.43. The first-order valence-electron chi connectivity index (χ1n) is 9.43. The molecule has 0 fully saturated rings. The van der Waals surface area contributed by atoms with Gasteiger partial charge in [-0.2, -0.15) is 5.26 Å². The number of rotatable bonds is 5. The minimum Gasteiger partial charge on any atom is -0.490 e. The van der Waals surface area contributed by atoms with E-state index in [0.29, 0.717) is 10.6 Å². The van der Waals surface area contributed by atoms with E-state index in [1.165, 1.54) is 7.11 Å². The third-order valence-electron chi connectivity index (χ3n) is 4.88. The van der Waals surface area contributed by atoms with E-state index in [1.807, 2.05) is 30.3 Å². The SMILES string of the molecule is CCCCC1CC(N=C(N)OC)c2cc(-c3cc(Cl)cc(C#N)c3)ccc2O1. The maximum Gasteiger partial charge on any atom is 0.282 e. The van der Waals surface area contributed by atoms with Gasteiger partial charge >= 0.3 is 0 Å². The number of nitriles is 1. The highest BCUT2D eigenvalue weighted by molar-refractivity contribution is 6.31. The van der Waals surface area contributed by atoms with Crippen molar-refractivity contribution >= 4 is 17.6 Å². The molecule has 28 heavy (non-hydrogen) atoms. The number of benzene rings is 2. The average Bonchev–Trinajstić information content (AvgIpc) is 2.71. The molecule has 1 heterocycles. The smallest absolute Gasteiger partial charge is 0.282 e. The van der Waals surface area contributed by atoms with E-state index < -0.39 is 0 Å². The topological polar surface area (TPSA) is 80.6 Å². The second-order valence-corrected chi connectivity index (χ2v) is 7.33. The van der Waals surface area contributed by atoms with E-state index in [2.05, 4.69) is 18.0 Å². The summed E-state index contributed by atoms with van der Waals surface area (Å²) in [5, 5.41) is 9.75. The fourth-order valence-electron chi connectivity index (χ4n) is 3.46. The van der Waals surface area contributed by atoms with Gasteiger partial charge in [0, 0.05) is 17.0 Å². The predicted molar refractivity (Wildman–Crippen MR) is 112 cm³/mol. The normalized spacial score (nSPS) is 18.7. The minimum atomic E-state index is -0.139. The molecule has 0 saturated heterocycles.